The molecule has 0 heterocycles. The number of rotatable bonds is 4. The minimum atomic E-state index is 0.162. The van der Waals surface area contributed by atoms with Gasteiger partial charge in [-0.3, -0.25) is 9.69 Å². The largest absolute Gasteiger partial charge is 0.342 e. The van der Waals surface area contributed by atoms with Gasteiger partial charge in [-0.25, -0.2) is 0 Å². The van der Waals surface area contributed by atoms with Crippen molar-refractivity contribution < 1.29 is 4.79 Å². The van der Waals surface area contributed by atoms with Crippen LogP contribution < -0.4 is 0 Å². The van der Waals surface area contributed by atoms with Crippen LogP contribution in [-0.4, -0.2) is 47.9 Å². The molecule has 3 nitrogen and oxygen atoms in total. The zero-order chi connectivity index (χ0) is 11.4. The van der Waals surface area contributed by atoms with Crippen molar-refractivity contribution in [1.29, 1.82) is 0 Å². The van der Waals surface area contributed by atoms with Gasteiger partial charge < -0.3 is 4.90 Å². The van der Waals surface area contributed by atoms with Gasteiger partial charge in [-0.15, -0.1) is 0 Å². The summed E-state index contributed by atoms with van der Waals surface area (Å²) in [4.78, 5) is 15.3. The maximum atomic E-state index is 11.1. The SMILES string of the molecule is CCN(CCN(C)C(C)(C)C)C(C)=O. The molecule has 0 radical (unpaired) electrons. The van der Waals surface area contributed by atoms with Crippen LogP contribution in [0.2, 0.25) is 0 Å². The number of hydrogen-bond donors (Lipinski definition) is 0. The third kappa shape index (κ3) is 4.61. The van der Waals surface area contributed by atoms with Crippen molar-refractivity contribution in [3.8, 4) is 0 Å². The normalized spacial score (nSPS) is 11.9. The lowest BCUT2D eigenvalue weighted by molar-refractivity contribution is -0.128. The van der Waals surface area contributed by atoms with Crippen LogP contribution in [0.15, 0.2) is 0 Å². The lowest BCUT2D eigenvalue weighted by Gasteiger charge is -2.33. The zero-order valence-electron chi connectivity index (χ0n) is 10.4. The van der Waals surface area contributed by atoms with Crippen molar-refractivity contribution in [1.82, 2.24) is 9.80 Å². The quantitative estimate of drug-likeness (QED) is 0.688. The van der Waals surface area contributed by atoms with E-state index in [-0.39, 0.29) is 11.4 Å². The zero-order valence-corrected chi connectivity index (χ0v) is 10.4. The fraction of sp³-hybridized carbons (Fsp3) is 0.909. The summed E-state index contributed by atoms with van der Waals surface area (Å²) >= 11 is 0. The Morgan fingerprint density at radius 1 is 1.21 bits per heavy atom. The summed E-state index contributed by atoms with van der Waals surface area (Å²) in [6.45, 7) is 12.7. The van der Waals surface area contributed by atoms with Gasteiger partial charge in [0.2, 0.25) is 5.91 Å². The summed E-state index contributed by atoms with van der Waals surface area (Å²) < 4.78 is 0. The smallest absolute Gasteiger partial charge is 0.219 e. The highest BCUT2D eigenvalue weighted by molar-refractivity contribution is 5.73. The molecule has 3 heteroatoms. The Hall–Kier alpha value is -0.570. The van der Waals surface area contributed by atoms with Crippen LogP contribution in [0.4, 0.5) is 0 Å². The second kappa shape index (κ2) is 5.35. The Morgan fingerprint density at radius 3 is 2.00 bits per heavy atom. The maximum Gasteiger partial charge on any atom is 0.219 e. The first-order chi connectivity index (χ1) is 6.29. The van der Waals surface area contributed by atoms with Crippen LogP contribution in [0.3, 0.4) is 0 Å². The molecule has 0 aliphatic heterocycles. The van der Waals surface area contributed by atoms with E-state index < -0.39 is 0 Å². The van der Waals surface area contributed by atoms with E-state index in [0.29, 0.717) is 0 Å². The third-order valence-corrected chi connectivity index (χ3v) is 2.68. The summed E-state index contributed by atoms with van der Waals surface area (Å²) in [6.07, 6.45) is 0. The molecule has 0 aliphatic carbocycles. The highest BCUT2D eigenvalue weighted by Crippen LogP contribution is 2.09. The van der Waals surface area contributed by atoms with Crippen molar-refractivity contribution in [2.45, 2.75) is 40.2 Å². The first-order valence-electron chi connectivity index (χ1n) is 5.25. The van der Waals surface area contributed by atoms with Gasteiger partial charge in [0, 0.05) is 32.1 Å². The number of amides is 1. The lowest BCUT2D eigenvalue weighted by atomic mass is 10.1. The summed E-state index contributed by atoms with van der Waals surface area (Å²) in [6, 6.07) is 0. The first-order valence-corrected chi connectivity index (χ1v) is 5.25. The van der Waals surface area contributed by atoms with E-state index in [2.05, 4.69) is 32.7 Å². The van der Waals surface area contributed by atoms with Crippen molar-refractivity contribution in [2.75, 3.05) is 26.7 Å². The molecule has 0 bridgehead atoms. The van der Waals surface area contributed by atoms with Crippen molar-refractivity contribution >= 4 is 5.91 Å². The third-order valence-electron chi connectivity index (χ3n) is 2.68. The fourth-order valence-electron chi connectivity index (χ4n) is 1.14. The average molecular weight is 200 g/mol. The number of carbonyl (C=O) groups excluding carboxylic acids is 1. The van der Waals surface area contributed by atoms with Crippen LogP contribution >= 0.6 is 0 Å². The number of hydrogen-bond acceptors (Lipinski definition) is 2. The highest BCUT2D eigenvalue weighted by Gasteiger charge is 2.17. The Bertz CT molecular complexity index is 184. The van der Waals surface area contributed by atoms with Gasteiger partial charge in [-0.05, 0) is 34.7 Å². The Balaban J connectivity index is 3.98. The highest BCUT2D eigenvalue weighted by atomic mass is 16.2. The molecule has 14 heavy (non-hydrogen) atoms. The van der Waals surface area contributed by atoms with Gasteiger partial charge in [0.1, 0.15) is 0 Å². The van der Waals surface area contributed by atoms with Crippen LogP contribution in [0, 0.1) is 0 Å². The molecule has 0 unspecified atom stereocenters. The molecule has 0 fully saturated rings. The van der Waals surface area contributed by atoms with Crippen molar-refractivity contribution in [3.05, 3.63) is 0 Å². The maximum absolute atomic E-state index is 11.1. The molecular weight excluding hydrogens is 176 g/mol. The number of nitrogens with zero attached hydrogens (tertiary/aromatic N) is 2. The van der Waals surface area contributed by atoms with E-state index in [1.807, 2.05) is 11.8 Å². The van der Waals surface area contributed by atoms with Gasteiger partial charge in [-0.1, -0.05) is 0 Å². The number of likely N-dealkylation sites (N-methyl/N-ethyl adjacent to an activating group) is 2. The van der Waals surface area contributed by atoms with Crippen molar-refractivity contribution in [3.63, 3.8) is 0 Å². The van der Waals surface area contributed by atoms with Gasteiger partial charge in [-0.2, -0.15) is 0 Å². The topological polar surface area (TPSA) is 23.6 Å². The fourth-order valence-corrected chi connectivity index (χ4v) is 1.14. The van der Waals surface area contributed by atoms with Gasteiger partial charge >= 0.3 is 0 Å². The Kier molecular flexibility index (Phi) is 5.13. The molecule has 1 amide bonds. The molecule has 0 spiro atoms. The molecule has 0 rings (SSSR count). The van der Waals surface area contributed by atoms with Crippen molar-refractivity contribution in [2.24, 2.45) is 0 Å². The monoisotopic (exact) mass is 200 g/mol. The molecular formula is C11H24N2O. The molecule has 0 aromatic heterocycles. The number of carbonyl (C=O) groups is 1. The minimum Gasteiger partial charge on any atom is -0.342 e. The van der Waals surface area contributed by atoms with E-state index >= 15 is 0 Å². The molecule has 0 N–H and O–H groups in total. The predicted molar refractivity (Wildman–Crippen MR) is 60.3 cm³/mol. The summed E-state index contributed by atoms with van der Waals surface area (Å²) in [5.74, 6) is 0.162. The Labute approximate surface area is 88.1 Å². The summed E-state index contributed by atoms with van der Waals surface area (Å²) in [5, 5.41) is 0. The van der Waals surface area contributed by atoms with E-state index in [1.54, 1.807) is 6.92 Å². The summed E-state index contributed by atoms with van der Waals surface area (Å²) in [5.41, 5.74) is 0.177. The summed E-state index contributed by atoms with van der Waals surface area (Å²) in [7, 11) is 2.09. The lowest BCUT2D eigenvalue weighted by Crippen LogP contribution is -2.43. The second-order valence-corrected chi connectivity index (χ2v) is 4.69. The van der Waals surface area contributed by atoms with Gasteiger partial charge in [0.05, 0.1) is 0 Å². The van der Waals surface area contributed by atoms with Gasteiger partial charge in [0.25, 0.3) is 0 Å². The van der Waals surface area contributed by atoms with Gasteiger partial charge in [0.15, 0.2) is 0 Å². The van der Waals surface area contributed by atoms with Crippen LogP contribution in [-0.2, 0) is 4.79 Å². The van der Waals surface area contributed by atoms with E-state index in [0.717, 1.165) is 19.6 Å². The molecule has 0 aliphatic rings. The molecule has 0 atom stereocenters. The molecule has 0 saturated carbocycles. The van der Waals surface area contributed by atoms with E-state index in [1.165, 1.54) is 0 Å². The van der Waals surface area contributed by atoms with E-state index in [9.17, 15) is 4.79 Å². The second-order valence-electron chi connectivity index (χ2n) is 4.69. The van der Waals surface area contributed by atoms with Crippen LogP contribution in [0.1, 0.15) is 34.6 Å². The predicted octanol–water partition coefficient (Wildman–Crippen LogP) is 1.59. The first kappa shape index (κ1) is 13.4. The molecule has 84 valence electrons. The Morgan fingerprint density at radius 2 is 1.71 bits per heavy atom. The minimum absolute atomic E-state index is 0.162. The standard InChI is InChI=1S/C11H24N2O/c1-7-13(10(2)14)9-8-12(6)11(3,4)5/h7-9H2,1-6H3. The molecule has 0 aromatic carbocycles. The molecule has 0 saturated heterocycles. The van der Waals surface area contributed by atoms with E-state index in [4.69, 9.17) is 0 Å². The molecule has 0 aromatic rings. The van der Waals surface area contributed by atoms with Crippen LogP contribution in [0.25, 0.3) is 0 Å². The average Bonchev–Trinajstić information content (AvgIpc) is 2.02. The van der Waals surface area contributed by atoms with Crippen LogP contribution in [0.5, 0.6) is 0 Å².